The average Bonchev–Trinajstić information content (AvgIpc) is 3.34. The van der Waals surface area contributed by atoms with Crippen molar-refractivity contribution in [3.63, 3.8) is 0 Å². The van der Waals surface area contributed by atoms with Crippen molar-refractivity contribution < 1.29 is 0 Å². The molecule has 0 unspecified atom stereocenters. The minimum atomic E-state index is 1.19. The van der Waals surface area contributed by atoms with Crippen molar-refractivity contribution in [3.05, 3.63) is 162 Å². The zero-order valence-corrected chi connectivity index (χ0v) is 23.3. The van der Waals surface area contributed by atoms with E-state index in [9.17, 15) is 0 Å². The van der Waals surface area contributed by atoms with Gasteiger partial charge < -0.3 is 4.57 Å². The van der Waals surface area contributed by atoms with Crippen LogP contribution in [0.5, 0.6) is 0 Å². The number of hydrogen-bond acceptors (Lipinski definition) is 0. The molecule has 0 N–H and O–H groups in total. The largest absolute Gasteiger partial charge is 0.309 e. The first-order chi connectivity index (χ1) is 19.6. The Hall–Kier alpha value is -4.88. The van der Waals surface area contributed by atoms with E-state index in [0.29, 0.717) is 0 Å². The highest BCUT2D eigenvalue weighted by Gasteiger charge is 2.17. The molecule has 0 radical (unpaired) electrons. The van der Waals surface area contributed by atoms with Crippen LogP contribution in [0.1, 0.15) is 16.7 Å². The molecule has 0 spiro atoms. The molecular weight excluding hydrogens is 482 g/mol. The third-order valence-electron chi connectivity index (χ3n) is 7.69. The second kappa shape index (κ2) is 11.1. The molecular formula is C39H33N. The van der Waals surface area contributed by atoms with Crippen LogP contribution in [0, 0.1) is 20.8 Å². The Balaban J connectivity index is 0.000000363. The molecule has 0 saturated carbocycles. The van der Waals surface area contributed by atoms with Gasteiger partial charge in [0.1, 0.15) is 0 Å². The smallest absolute Gasteiger partial charge is 0.0544 e. The topological polar surface area (TPSA) is 4.93 Å². The Bertz CT molecular complexity index is 1910. The second-order valence-corrected chi connectivity index (χ2v) is 10.4. The van der Waals surface area contributed by atoms with Gasteiger partial charge in [0, 0.05) is 16.5 Å². The first-order valence-corrected chi connectivity index (χ1v) is 13.9. The first-order valence-electron chi connectivity index (χ1n) is 13.9. The van der Waals surface area contributed by atoms with Crippen molar-refractivity contribution in [2.45, 2.75) is 20.8 Å². The van der Waals surface area contributed by atoms with Crippen LogP contribution >= 0.6 is 0 Å². The summed E-state index contributed by atoms with van der Waals surface area (Å²) in [5.74, 6) is 0. The van der Waals surface area contributed by atoms with Gasteiger partial charge in [0.15, 0.2) is 0 Å². The maximum absolute atomic E-state index is 2.41. The summed E-state index contributed by atoms with van der Waals surface area (Å²) in [5.41, 5.74) is 12.7. The second-order valence-electron chi connectivity index (χ2n) is 10.4. The number of fused-ring (bicyclic) bond motifs is 3. The van der Waals surface area contributed by atoms with Crippen molar-refractivity contribution >= 4 is 21.8 Å². The van der Waals surface area contributed by atoms with Gasteiger partial charge in [-0.1, -0.05) is 127 Å². The number of rotatable bonds is 3. The minimum Gasteiger partial charge on any atom is -0.309 e. The van der Waals surface area contributed by atoms with E-state index < -0.39 is 0 Å². The van der Waals surface area contributed by atoms with Crippen LogP contribution in [0.15, 0.2) is 146 Å². The summed E-state index contributed by atoms with van der Waals surface area (Å²) < 4.78 is 2.41. The van der Waals surface area contributed by atoms with Crippen molar-refractivity contribution in [2.24, 2.45) is 0 Å². The first kappa shape index (κ1) is 25.4. The SMILES string of the molecule is Cc1ccccc1.Cc1ccccc1-c1ccc2c(c1C)c1ccccc1n2-c1cccc(-c2ccccc2)c1. The highest BCUT2D eigenvalue weighted by molar-refractivity contribution is 6.12. The fourth-order valence-electron chi connectivity index (χ4n) is 5.67. The fraction of sp³-hybridized carbons (Fsp3) is 0.0769. The summed E-state index contributed by atoms with van der Waals surface area (Å²) in [6.45, 7) is 6.54. The van der Waals surface area contributed by atoms with Crippen LogP contribution in [0.3, 0.4) is 0 Å². The molecule has 0 aliphatic rings. The summed E-state index contributed by atoms with van der Waals surface area (Å²) in [4.78, 5) is 0. The lowest BCUT2D eigenvalue weighted by Crippen LogP contribution is -1.95. The quantitative estimate of drug-likeness (QED) is 0.220. The molecule has 40 heavy (non-hydrogen) atoms. The average molecular weight is 516 g/mol. The number of benzene rings is 6. The van der Waals surface area contributed by atoms with Crippen molar-refractivity contribution in [3.8, 4) is 27.9 Å². The van der Waals surface area contributed by atoms with Gasteiger partial charge in [-0.3, -0.25) is 0 Å². The van der Waals surface area contributed by atoms with E-state index >= 15 is 0 Å². The summed E-state index contributed by atoms with van der Waals surface area (Å²) >= 11 is 0. The van der Waals surface area contributed by atoms with Crippen molar-refractivity contribution in [1.82, 2.24) is 4.57 Å². The van der Waals surface area contributed by atoms with Gasteiger partial charge in [-0.15, -0.1) is 0 Å². The molecule has 1 aromatic heterocycles. The standard InChI is InChI=1S/C32H25N.C7H8/c1-22-11-6-7-16-27(22)28-19-20-31-32(23(28)2)29-17-8-9-18-30(29)33(31)26-15-10-14-25(21-26)24-12-4-3-5-13-24;1-7-5-3-2-4-6-7/h3-21H,1-2H3;2-6H,1H3. The Kier molecular flexibility index (Phi) is 7.04. The lowest BCUT2D eigenvalue weighted by Gasteiger charge is -2.13. The maximum atomic E-state index is 2.41. The molecule has 0 saturated heterocycles. The van der Waals surface area contributed by atoms with E-state index in [2.05, 4.69) is 153 Å². The monoisotopic (exact) mass is 515 g/mol. The zero-order valence-electron chi connectivity index (χ0n) is 23.3. The lowest BCUT2D eigenvalue weighted by atomic mass is 9.94. The van der Waals surface area contributed by atoms with Gasteiger partial charge in [0.05, 0.1) is 11.0 Å². The van der Waals surface area contributed by atoms with E-state index in [1.54, 1.807) is 0 Å². The van der Waals surface area contributed by atoms with Gasteiger partial charge in [-0.2, -0.15) is 0 Å². The third kappa shape index (κ3) is 4.83. The molecule has 1 heteroatoms. The van der Waals surface area contributed by atoms with Crippen LogP contribution in [0.25, 0.3) is 49.7 Å². The molecule has 0 aliphatic heterocycles. The minimum absolute atomic E-state index is 1.19. The summed E-state index contributed by atoms with van der Waals surface area (Å²) in [6, 6.07) is 51.7. The number of aryl methyl sites for hydroxylation is 3. The van der Waals surface area contributed by atoms with Crippen molar-refractivity contribution in [2.75, 3.05) is 0 Å². The normalized spacial score (nSPS) is 10.9. The summed E-state index contributed by atoms with van der Waals surface area (Å²) in [6.07, 6.45) is 0. The van der Waals surface area contributed by atoms with E-state index in [1.165, 1.54) is 66.4 Å². The predicted octanol–water partition coefficient (Wildman–Crippen LogP) is 10.7. The van der Waals surface area contributed by atoms with Crippen LogP contribution in [0.4, 0.5) is 0 Å². The Morgan fingerprint density at radius 2 is 1.10 bits per heavy atom. The molecule has 1 nitrogen and oxygen atoms in total. The van der Waals surface area contributed by atoms with Crippen LogP contribution in [-0.2, 0) is 0 Å². The molecule has 7 rings (SSSR count). The highest BCUT2D eigenvalue weighted by Crippen LogP contribution is 2.39. The van der Waals surface area contributed by atoms with Crippen LogP contribution < -0.4 is 0 Å². The number of para-hydroxylation sites is 1. The van der Waals surface area contributed by atoms with Gasteiger partial charge in [0.2, 0.25) is 0 Å². The Morgan fingerprint density at radius 1 is 0.450 bits per heavy atom. The van der Waals surface area contributed by atoms with Crippen LogP contribution in [-0.4, -0.2) is 4.57 Å². The number of nitrogens with zero attached hydrogens (tertiary/aromatic N) is 1. The Labute approximate surface area is 237 Å². The van der Waals surface area contributed by atoms with Gasteiger partial charge in [0.25, 0.3) is 0 Å². The van der Waals surface area contributed by atoms with Crippen LogP contribution in [0.2, 0.25) is 0 Å². The lowest BCUT2D eigenvalue weighted by molar-refractivity contribution is 1.18. The summed E-state index contributed by atoms with van der Waals surface area (Å²) in [7, 11) is 0. The van der Waals surface area contributed by atoms with E-state index in [1.807, 2.05) is 18.2 Å². The number of hydrogen-bond donors (Lipinski definition) is 0. The van der Waals surface area contributed by atoms with E-state index in [4.69, 9.17) is 0 Å². The molecule has 0 amide bonds. The fourth-order valence-corrected chi connectivity index (χ4v) is 5.67. The van der Waals surface area contributed by atoms with E-state index in [0.717, 1.165) is 0 Å². The molecule has 6 aromatic carbocycles. The number of aromatic nitrogens is 1. The molecule has 0 fully saturated rings. The third-order valence-corrected chi connectivity index (χ3v) is 7.69. The van der Waals surface area contributed by atoms with Gasteiger partial charge in [-0.25, -0.2) is 0 Å². The molecule has 0 atom stereocenters. The van der Waals surface area contributed by atoms with Crippen molar-refractivity contribution in [1.29, 1.82) is 0 Å². The highest BCUT2D eigenvalue weighted by atomic mass is 15.0. The maximum Gasteiger partial charge on any atom is 0.0544 e. The van der Waals surface area contributed by atoms with E-state index in [-0.39, 0.29) is 0 Å². The molecule has 194 valence electrons. The van der Waals surface area contributed by atoms with Gasteiger partial charge in [-0.05, 0) is 78.4 Å². The molecule has 0 aliphatic carbocycles. The van der Waals surface area contributed by atoms with Gasteiger partial charge >= 0.3 is 0 Å². The molecule has 1 heterocycles. The predicted molar refractivity (Wildman–Crippen MR) is 172 cm³/mol. The Morgan fingerprint density at radius 3 is 1.82 bits per heavy atom. The summed E-state index contributed by atoms with van der Waals surface area (Å²) in [5, 5.41) is 2.63. The zero-order chi connectivity index (χ0) is 27.5. The molecule has 7 aromatic rings. The molecule has 0 bridgehead atoms.